The summed E-state index contributed by atoms with van der Waals surface area (Å²) in [6, 6.07) is 0. The minimum absolute atomic E-state index is 0.00246. The third-order valence-corrected chi connectivity index (χ3v) is 6.26. The summed E-state index contributed by atoms with van der Waals surface area (Å²) in [5.41, 5.74) is 1.87. The van der Waals surface area contributed by atoms with Crippen LogP contribution in [0.1, 0.15) is 52.9 Å². The summed E-state index contributed by atoms with van der Waals surface area (Å²) in [7, 11) is 3.89. The van der Waals surface area contributed by atoms with E-state index >= 15 is 0 Å². The van der Waals surface area contributed by atoms with E-state index in [0.29, 0.717) is 13.0 Å². The first-order valence-corrected chi connectivity index (χ1v) is 10.1. The zero-order chi connectivity index (χ0) is 19.8. The Morgan fingerprint density at radius 1 is 1.19 bits per heavy atom. The van der Waals surface area contributed by atoms with E-state index in [2.05, 4.69) is 26.0 Å². The monoisotopic (exact) mass is 375 g/mol. The molecule has 0 aromatic heterocycles. The van der Waals surface area contributed by atoms with Crippen LogP contribution >= 0.6 is 0 Å². The summed E-state index contributed by atoms with van der Waals surface area (Å²) in [4.78, 5) is 27.6. The summed E-state index contributed by atoms with van der Waals surface area (Å²) >= 11 is 0. The number of fused-ring (bicyclic) bond motifs is 2. The molecule has 3 aliphatic rings. The van der Waals surface area contributed by atoms with Gasteiger partial charge in [0.05, 0.1) is 12.0 Å². The van der Waals surface area contributed by atoms with Gasteiger partial charge in [0.2, 0.25) is 0 Å². The van der Waals surface area contributed by atoms with E-state index in [1.807, 2.05) is 25.9 Å². The molecule has 0 bridgehead atoms. The molecule has 3 rings (SSSR count). The first-order chi connectivity index (χ1) is 12.7. The van der Waals surface area contributed by atoms with Crippen LogP contribution in [0.4, 0.5) is 0 Å². The fraction of sp³-hybridized carbons (Fsp3) is 0.727. The van der Waals surface area contributed by atoms with Gasteiger partial charge >= 0.3 is 5.97 Å². The van der Waals surface area contributed by atoms with Crippen LogP contribution in [0, 0.1) is 11.8 Å². The molecule has 27 heavy (non-hydrogen) atoms. The van der Waals surface area contributed by atoms with Gasteiger partial charge in [-0.05, 0) is 66.6 Å². The van der Waals surface area contributed by atoms with Gasteiger partial charge in [0.25, 0.3) is 0 Å². The maximum Gasteiger partial charge on any atom is 0.311 e. The van der Waals surface area contributed by atoms with Crippen molar-refractivity contribution in [2.75, 3.05) is 20.6 Å². The van der Waals surface area contributed by atoms with Gasteiger partial charge < -0.3 is 14.4 Å². The van der Waals surface area contributed by atoms with Gasteiger partial charge in [0.1, 0.15) is 11.7 Å². The van der Waals surface area contributed by atoms with Crippen LogP contribution in [0.3, 0.4) is 0 Å². The van der Waals surface area contributed by atoms with Gasteiger partial charge in [0.15, 0.2) is 5.78 Å². The molecule has 5 nitrogen and oxygen atoms in total. The number of nitrogens with zero attached hydrogens (tertiary/aromatic N) is 1. The van der Waals surface area contributed by atoms with E-state index < -0.39 is 5.60 Å². The largest absolute Gasteiger partial charge is 0.458 e. The number of Topliss-reactive ketones (excluding diaryl/α,β-unsaturated/α-hetero) is 1. The first-order valence-electron chi connectivity index (χ1n) is 10.1. The Hall–Kier alpha value is -1.46. The predicted octanol–water partition coefficient (Wildman–Crippen LogP) is 3.29. The van der Waals surface area contributed by atoms with Crippen molar-refractivity contribution >= 4 is 11.8 Å². The molecule has 2 saturated heterocycles. The van der Waals surface area contributed by atoms with Crippen LogP contribution in [0.25, 0.3) is 0 Å². The molecule has 2 heterocycles. The molecule has 0 N–H and O–H groups in total. The van der Waals surface area contributed by atoms with Gasteiger partial charge in [-0.2, -0.15) is 0 Å². The highest BCUT2D eigenvalue weighted by atomic mass is 16.6. The lowest BCUT2D eigenvalue weighted by Gasteiger charge is -2.22. The van der Waals surface area contributed by atoms with Gasteiger partial charge in [-0.15, -0.1) is 0 Å². The highest BCUT2D eigenvalue weighted by Gasteiger charge is 2.58. The molecule has 0 radical (unpaired) electrons. The van der Waals surface area contributed by atoms with Crippen molar-refractivity contribution in [3.05, 3.63) is 23.3 Å². The number of hydrogen-bond donors (Lipinski definition) is 0. The molecule has 0 unspecified atom stereocenters. The maximum atomic E-state index is 13.1. The third-order valence-electron chi connectivity index (χ3n) is 6.26. The Balaban J connectivity index is 1.87. The molecule has 0 aromatic carbocycles. The molecule has 5 heteroatoms. The van der Waals surface area contributed by atoms with E-state index in [-0.39, 0.29) is 35.8 Å². The van der Waals surface area contributed by atoms with Crippen LogP contribution in [0.5, 0.6) is 0 Å². The number of allylic oxidation sites excluding steroid dienone is 3. The van der Waals surface area contributed by atoms with Crippen LogP contribution in [0.2, 0.25) is 0 Å². The van der Waals surface area contributed by atoms with Gasteiger partial charge in [-0.25, -0.2) is 0 Å². The third kappa shape index (κ3) is 4.52. The average molecular weight is 376 g/mol. The number of ether oxygens (including phenoxy) is 2. The van der Waals surface area contributed by atoms with Gasteiger partial charge in [-0.1, -0.05) is 17.2 Å². The Kier molecular flexibility index (Phi) is 5.92. The molecule has 150 valence electrons. The van der Waals surface area contributed by atoms with Crippen molar-refractivity contribution in [1.82, 2.24) is 4.90 Å². The van der Waals surface area contributed by atoms with Crippen molar-refractivity contribution in [2.45, 2.75) is 70.7 Å². The lowest BCUT2D eigenvalue weighted by molar-refractivity contribution is -0.143. The second-order valence-electron chi connectivity index (χ2n) is 8.92. The molecule has 0 spiro atoms. The molecule has 0 amide bonds. The Morgan fingerprint density at radius 3 is 2.63 bits per heavy atom. The van der Waals surface area contributed by atoms with Crippen molar-refractivity contribution in [1.29, 1.82) is 0 Å². The smallest absolute Gasteiger partial charge is 0.311 e. The fourth-order valence-corrected chi connectivity index (χ4v) is 4.36. The van der Waals surface area contributed by atoms with Crippen molar-refractivity contribution in [3.63, 3.8) is 0 Å². The molecular formula is C22H33NO4. The Bertz CT molecular complexity index is 665. The molecule has 0 saturated carbocycles. The standard InChI is InChI=1S/C22H33NO4/c1-14-7-6-8-15(2)11-18-16(17(13-23(4)5)21(25)26-18)12-19(24)22(3)20(27-22)10-9-14/h7,11,16-18,20H,6,8-10,12-13H2,1-5H3/b14-7+,15-11+/t16-,17+,18-,20-,22-/m0/s1. The topological polar surface area (TPSA) is 59.1 Å². The van der Waals surface area contributed by atoms with E-state index in [9.17, 15) is 9.59 Å². The zero-order valence-corrected chi connectivity index (χ0v) is 17.3. The molecule has 2 aliphatic heterocycles. The number of rotatable bonds is 2. The number of carbonyl (C=O) groups is 2. The summed E-state index contributed by atoms with van der Waals surface area (Å²) in [6.07, 6.45) is 8.13. The molecule has 1 aliphatic carbocycles. The van der Waals surface area contributed by atoms with E-state index in [0.717, 1.165) is 25.7 Å². The van der Waals surface area contributed by atoms with Crippen LogP contribution in [-0.2, 0) is 19.1 Å². The van der Waals surface area contributed by atoms with E-state index in [1.165, 1.54) is 11.1 Å². The maximum absolute atomic E-state index is 13.1. The number of hydrogen-bond acceptors (Lipinski definition) is 5. The molecule has 2 fully saturated rings. The summed E-state index contributed by atoms with van der Waals surface area (Å²) in [5.74, 6) is -0.471. The minimum Gasteiger partial charge on any atom is -0.458 e. The Labute approximate surface area is 162 Å². The summed E-state index contributed by atoms with van der Waals surface area (Å²) in [6.45, 7) is 6.73. The number of esters is 1. The van der Waals surface area contributed by atoms with Gasteiger partial charge in [0, 0.05) is 18.9 Å². The van der Waals surface area contributed by atoms with Crippen LogP contribution in [0.15, 0.2) is 23.3 Å². The quantitative estimate of drug-likeness (QED) is 0.421. The number of ketones is 1. The average Bonchev–Trinajstić information content (AvgIpc) is 3.18. The predicted molar refractivity (Wildman–Crippen MR) is 104 cm³/mol. The number of carbonyl (C=O) groups excluding carboxylic acids is 2. The van der Waals surface area contributed by atoms with Crippen molar-refractivity contribution < 1.29 is 19.1 Å². The van der Waals surface area contributed by atoms with Crippen molar-refractivity contribution in [3.8, 4) is 0 Å². The normalized spacial score (nSPS) is 41.6. The second kappa shape index (κ2) is 7.88. The second-order valence-corrected chi connectivity index (χ2v) is 8.92. The molecular weight excluding hydrogens is 342 g/mol. The summed E-state index contributed by atoms with van der Waals surface area (Å²) < 4.78 is 11.5. The van der Waals surface area contributed by atoms with Crippen LogP contribution < -0.4 is 0 Å². The highest BCUT2D eigenvalue weighted by Crippen LogP contribution is 2.44. The minimum atomic E-state index is -0.692. The summed E-state index contributed by atoms with van der Waals surface area (Å²) in [5, 5.41) is 0. The highest BCUT2D eigenvalue weighted by molar-refractivity contribution is 5.91. The first kappa shape index (κ1) is 20.3. The van der Waals surface area contributed by atoms with Crippen LogP contribution in [-0.4, -0.2) is 55.1 Å². The zero-order valence-electron chi connectivity index (χ0n) is 17.3. The lowest BCUT2D eigenvalue weighted by atomic mass is 9.81. The SMILES string of the molecule is C/C1=C\[C@@H]2OC(=O)[C@H](CN(C)C)[C@@H]2CC(=O)[C@]2(C)O[C@H]2CC/C(C)=C/CC1. The van der Waals surface area contributed by atoms with Gasteiger partial charge in [-0.3, -0.25) is 9.59 Å². The van der Waals surface area contributed by atoms with E-state index in [4.69, 9.17) is 9.47 Å². The Morgan fingerprint density at radius 2 is 1.93 bits per heavy atom. The fourth-order valence-electron chi connectivity index (χ4n) is 4.36. The number of epoxide rings is 1. The molecule has 0 aromatic rings. The lowest BCUT2D eigenvalue weighted by Crippen LogP contribution is -2.35. The van der Waals surface area contributed by atoms with Crippen molar-refractivity contribution in [2.24, 2.45) is 11.8 Å². The molecule has 5 atom stereocenters. The van der Waals surface area contributed by atoms with E-state index in [1.54, 1.807) is 0 Å².